The number of ether oxygens (including phenoxy) is 1. The van der Waals surface area contributed by atoms with Crippen LogP contribution in [0.1, 0.15) is 38.8 Å². The molecular formula is C28H25N7O2. The van der Waals surface area contributed by atoms with E-state index in [1.54, 1.807) is 39.8 Å². The number of carbonyl (C=O) groups is 1. The van der Waals surface area contributed by atoms with Crippen molar-refractivity contribution in [1.82, 2.24) is 29.4 Å². The molecule has 1 aliphatic heterocycles. The summed E-state index contributed by atoms with van der Waals surface area (Å²) >= 11 is 0. The van der Waals surface area contributed by atoms with Gasteiger partial charge in [-0.05, 0) is 37.3 Å². The molecular weight excluding hydrogens is 466 g/mol. The summed E-state index contributed by atoms with van der Waals surface area (Å²) in [7, 11) is 5.55. The number of pyridine rings is 1. The van der Waals surface area contributed by atoms with Gasteiger partial charge in [0.2, 0.25) is 0 Å². The van der Waals surface area contributed by atoms with Gasteiger partial charge in [-0.2, -0.15) is 10.2 Å². The normalized spacial score (nSPS) is 14.3. The van der Waals surface area contributed by atoms with Crippen LogP contribution in [-0.4, -0.2) is 49.0 Å². The van der Waals surface area contributed by atoms with E-state index in [-0.39, 0.29) is 11.9 Å². The Kier molecular flexibility index (Phi) is 5.12. The number of benzene rings is 2. The van der Waals surface area contributed by atoms with E-state index in [0.717, 1.165) is 49.9 Å². The first-order chi connectivity index (χ1) is 17.8. The van der Waals surface area contributed by atoms with Gasteiger partial charge in [-0.3, -0.25) is 14.2 Å². The van der Waals surface area contributed by atoms with Crippen LogP contribution < -0.4 is 10.5 Å². The highest BCUT2D eigenvalue weighted by atomic mass is 16.5. The van der Waals surface area contributed by atoms with Gasteiger partial charge in [-0.15, -0.1) is 0 Å². The van der Waals surface area contributed by atoms with Crippen LogP contribution in [0.3, 0.4) is 0 Å². The van der Waals surface area contributed by atoms with Crippen LogP contribution in [-0.2, 0) is 14.1 Å². The van der Waals surface area contributed by atoms with E-state index in [1.165, 1.54) is 0 Å². The highest BCUT2D eigenvalue weighted by Gasteiger charge is 2.31. The molecule has 0 fully saturated rings. The zero-order valence-corrected chi connectivity index (χ0v) is 21.0. The summed E-state index contributed by atoms with van der Waals surface area (Å²) in [6.07, 6.45) is 3.46. The number of nitrogens with two attached hydrogens (primary N) is 1. The highest BCUT2D eigenvalue weighted by molar-refractivity contribution is 6.10. The molecule has 9 heteroatoms. The molecule has 0 saturated heterocycles. The van der Waals surface area contributed by atoms with E-state index in [1.807, 2.05) is 51.4 Å². The molecule has 37 heavy (non-hydrogen) atoms. The summed E-state index contributed by atoms with van der Waals surface area (Å²) in [5.74, 6) is 7.43. The molecule has 2 aromatic carbocycles. The average Bonchev–Trinajstić information content (AvgIpc) is 3.59. The largest absolute Gasteiger partial charge is 0.491 e. The van der Waals surface area contributed by atoms with Gasteiger partial charge in [-0.25, -0.2) is 4.98 Å². The molecule has 0 radical (unpaired) electrons. The lowest BCUT2D eigenvalue weighted by atomic mass is 10.0. The lowest BCUT2D eigenvalue weighted by Crippen LogP contribution is -2.32. The van der Waals surface area contributed by atoms with Crippen LogP contribution in [0.4, 0.5) is 5.82 Å². The molecule has 1 atom stereocenters. The lowest BCUT2D eigenvalue weighted by Gasteiger charge is -2.24. The Morgan fingerprint density at radius 2 is 1.89 bits per heavy atom. The van der Waals surface area contributed by atoms with Crippen LogP contribution in [0, 0.1) is 18.8 Å². The van der Waals surface area contributed by atoms with Gasteiger partial charge in [0.15, 0.2) is 0 Å². The molecule has 9 nitrogen and oxygen atoms in total. The van der Waals surface area contributed by atoms with E-state index in [0.29, 0.717) is 18.0 Å². The highest BCUT2D eigenvalue weighted by Crippen LogP contribution is 2.37. The first-order valence-electron chi connectivity index (χ1n) is 11.9. The van der Waals surface area contributed by atoms with Gasteiger partial charge in [0, 0.05) is 43.2 Å². The van der Waals surface area contributed by atoms with Crippen molar-refractivity contribution in [1.29, 1.82) is 0 Å². The third-order valence-electron chi connectivity index (χ3n) is 7.09. The van der Waals surface area contributed by atoms with E-state index < -0.39 is 0 Å². The quantitative estimate of drug-likeness (QED) is 0.380. The predicted octanol–water partition coefficient (Wildman–Crippen LogP) is 3.35. The van der Waals surface area contributed by atoms with Gasteiger partial charge >= 0.3 is 0 Å². The molecule has 6 rings (SSSR count). The number of nitrogen functional groups attached to an aromatic ring is 1. The Hall–Kier alpha value is -4.84. The number of aryl methyl sites for hydroxylation is 2. The van der Waals surface area contributed by atoms with Gasteiger partial charge in [0.1, 0.15) is 18.2 Å². The Balaban J connectivity index is 1.28. The summed E-state index contributed by atoms with van der Waals surface area (Å²) in [5, 5.41) is 10.2. The van der Waals surface area contributed by atoms with E-state index in [9.17, 15) is 4.79 Å². The van der Waals surface area contributed by atoms with Crippen molar-refractivity contribution >= 4 is 33.5 Å². The number of aromatic nitrogens is 5. The van der Waals surface area contributed by atoms with Crippen LogP contribution in [0.2, 0.25) is 0 Å². The minimum absolute atomic E-state index is 0.105. The molecule has 0 spiro atoms. The van der Waals surface area contributed by atoms with E-state index in [2.05, 4.69) is 27.0 Å². The summed E-state index contributed by atoms with van der Waals surface area (Å²) in [5.41, 5.74) is 12.0. The molecule has 5 aromatic rings. The van der Waals surface area contributed by atoms with Gasteiger partial charge in [0.25, 0.3) is 5.91 Å². The molecule has 0 aliphatic carbocycles. The number of rotatable bonds is 2. The number of nitrogens with zero attached hydrogens (tertiary/aromatic N) is 6. The monoisotopic (exact) mass is 491 g/mol. The number of hydrogen-bond donors (Lipinski definition) is 1. The van der Waals surface area contributed by atoms with E-state index in [4.69, 9.17) is 10.5 Å². The average molecular weight is 492 g/mol. The van der Waals surface area contributed by atoms with Crippen molar-refractivity contribution in [2.24, 2.45) is 14.1 Å². The van der Waals surface area contributed by atoms with Crippen LogP contribution in [0.5, 0.6) is 5.75 Å². The molecule has 3 aromatic heterocycles. The maximum atomic E-state index is 13.5. The second kappa shape index (κ2) is 8.38. The number of likely N-dealkylation sites (N-methyl/N-ethyl adjacent to an activating group) is 1. The number of anilines is 1. The molecule has 0 saturated carbocycles. The summed E-state index contributed by atoms with van der Waals surface area (Å²) in [4.78, 5) is 19.8. The van der Waals surface area contributed by atoms with Gasteiger partial charge in [0.05, 0.1) is 46.1 Å². The van der Waals surface area contributed by atoms with Crippen LogP contribution in [0.15, 0.2) is 48.8 Å². The zero-order valence-electron chi connectivity index (χ0n) is 21.0. The summed E-state index contributed by atoms with van der Waals surface area (Å²) < 4.78 is 9.53. The Morgan fingerprint density at radius 3 is 2.68 bits per heavy atom. The SMILES string of the molecule is Cc1c(C#Cc2ccc3c(c2)OCC3N(C)C(=O)c2ccc3nc(N)c4cnn(C)c4c3c2)cnn1C. The summed E-state index contributed by atoms with van der Waals surface area (Å²) in [6, 6.07) is 11.1. The number of amides is 1. The lowest BCUT2D eigenvalue weighted by molar-refractivity contribution is 0.0708. The Bertz CT molecular complexity index is 1790. The molecule has 0 bridgehead atoms. The Morgan fingerprint density at radius 1 is 1.08 bits per heavy atom. The van der Waals surface area contributed by atoms with Crippen molar-refractivity contribution in [2.45, 2.75) is 13.0 Å². The molecule has 4 heterocycles. The second-order valence-electron chi connectivity index (χ2n) is 9.27. The standard InChI is InChI=1S/C28H25N7O2/c1-16-19(13-30-34(16)3)7-5-17-6-9-20-24(15-37-25(20)11-17)33(2)28(36)18-8-10-23-21(12-18)26-22(27(29)32-23)14-31-35(26)4/h6,8-14,24H,15H2,1-4H3,(H2,29,32). The molecule has 184 valence electrons. The van der Waals surface area contributed by atoms with Crippen molar-refractivity contribution in [3.05, 3.63) is 76.7 Å². The van der Waals surface area contributed by atoms with Crippen LogP contribution >= 0.6 is 0 Å². The third-order valence-corrected chi connectivity index (χ3v) is 7.09. The summed E-state index contributed by atoms with van der Waals surface area (Å²) in [6.45, 7) is 2.37. The second-order valence-corrected chi connectivity index (χ2v) is 9.27. The fourth-order valence-electron chi connectivity index (χ4n) is 4.79. The number of fused-ring (bicyclic) bond motifs is 4. The number of carbonyl (C=O) groups excluding carboxylic acids is 1. The fraction of sp³-hybridized carbons (Fsp3) is 0.214. The molecule has 1 amide bonds. The van der Waals surface area contributed by atoms with Crippen molar-refractivity contribution in [3.63, 3.8) is 0 Å². The number of hydrogen-bond acceptors (Lipinski definition) is 6. The predicted molar refractivity (Wildman–Crippen MR) is 141 cm³/mol. The Labute approximate surface area is 213 Å². The molecule has 2 N–H and O–H groups in total. The first-order valence-corrected chi connectivity index (χ1v) is 11.9. The van der Waals surface area contributed by atoms with Crippen molar-refractivity contribution in [2.75, 3.05) is 19.4 Å². The minimum Gasteiger partial charge on any atom is -0.491 e. The minimum atomic E-state index is -0.206. The third kappa shape index (κ3) is 3.65. The molecule has 1 unspecified atom stereocenters. The maximum Gasteiger partial charge on any atom is 0.254 e. The maximum absolute atomic E-state index is 13.5. The van der Waals surface area contributed by atoms with Crippen molar-refractivity contribution < 1.29 is 9.53 Å². The smallest absolute Gasteiger partial charge is 0.254 e. The topological polar surface area (TPSA) is 104 Å². The first kappa shape index (κ1) is 22.6. The van der Waals surface area contributed by atoms with Crippen LogP contribution in [0.25, 0.3) is 21.8 Å². The van der Waals surface area contributed by atoms with E-state index >= 15 is 0 Å². The molecule has 1 aliphatic rings. The zero-order chi connectivity index (χ0) is 25.8. The van der Waals surface area contributed by atoms with Gasteiger partial charge in [-0.1, -0.05) is 17.9 Å². The van der Waals surface area contributed by atoms with Crippen molar-refractivity contribution in [3.8, 4) is 17.6 Å². The van der Waals surface area contributed by atoms with Gasteiger partial charge < -0.3 is 15.4 Å². The fourth-order valence-corrected chi connectivity index (χ4v) is 4.79.